The van der Waals surface area contributed by atoms with E-state index in [1.54, 1.807) is 4.57 Å². The van der Waals surface area contributed by atoms with E-state index in [4.69, 9.17) is 15.2 Å². The number of aromatic carboxylic acids is 1. The monoisotopic (exact) mass is 359 g/mol. The third-order valence-corrected chi connectivity index (χ3v) is 3.61. The molecule has 0 aromatic carbocycles. The molecule has 0 aliphatic rings. The standard InChI is InChI=1S/C16H16N4O3.HNO2/c1-16(2,3)10-7-20(13-12(10)14(21)19-8-18-13)11-6-9(15(22)23)4-5-17-11;2-1-3/h4-8H,1-3H3,(H,22,23)(H,18,19,21);(H,2,3). The van der Waals surface area contributed by atoms with Crippen LogP contribution >= 0.6 is 0 Å². The zero-order valence-corrected chi connectivity index (χ0v) is 14.3. The number of nitrogens with zero attached hydrogens (tertiary/aromatic N) is 5. The Labute approximate surface area is 147 Å². The zero-order valence-electron chi connectivity index (χ0n) is 14.3. The number of hydrogen-bond donors (Lipinski definition) is 3. The second-order valence-electron chi connectivity index (χ2n) is 6.35. The van der Waals surface area contributed by atoms with Gasteiger partial charge in [0.05, 0.1) is 10.9 Å². The normalized spacial score (nSPS) is 10.9. The molecule has 0 spiro atoms. The van der Waals surface area contributed by atoms with Crippen molar-refractivity contribution in [2.75, 3.05) is 0 Å². The van der Waals surface area contributed by atoms with Gasteiger partial charge in [0.1, 0.15) is 12.1 Å². The van der Waals surface area contributed by atoms with Crippen LogP contribution in [0.15, 0.2) is 36.2 Å². The molecule has 0 atom stereocenters. The molecule has 10 heteroatoms. The molecule has 3 aromatic rings. The van der Waals surface area contributed by atoms with Crippen LogP contribution in [0.25, 0.3) is 16.9 Å². The molecule has 26 heavy (non-hydrogen) atoms. The zero-order chi connectivity index (χ0) is 19.5. The van der Waals surface area contributed by atoms with Crippen molar-refractivity contribution in [2.45, 2.75) is 26.2 Å². The van der Waals surface area contributed by atoms with Gasteiger partial charge in [0.15, 0.2) is 11.0 Å². The summed E-state index contributed by atoms with van der Waals surface area (Å²) in [6.45, 7) is 6.04. The minimum absolute atomic E-state index is 0.104. The molecule has 10 nitrogen and oxygen atoms in total. The summed E-state index contributed by atoms with van der Waals surface area (Å²) in [6, 6.07) is 2.89. The van der Waals surface area contributed by atoms with Crippen LogP contribution in [0.2, 0.25) is 0 Å². The van der Waals surface area contributed by atoms with E-state index in [1.165, 1.54) is 30.0 Å². The van der Waals surface area contributed by atoms with E-state index in [-0.39, 0.29) is 16.9 Å². The first-order valence-corrected chi connectivity index (χ1v) is 7.42. The summed E-state index contributed by atoms with van der Waals surface area (Å²) in [4.78, 5) is 31.6. The summed E-state index contributed by atoms with van der Waals surface area (Å²) in [5.74, 6) is -0.713. The van der Waals surface area contributed by atoms with Crippen molar-refractivity contribution in [3.63, 3.8) is 0 Å². The summed E-state index contributed by atoms with van der Waals surface area (Å²) in [5.41, 5.74) is 1.22. The van der Waals surface area contributed by atoms with Gasteiger partial charge in [0.25, 0.3) is 0 Å². The highest BCUT2D eigenvalue weighted by atomic mass is 16.6. The Kier molecular flexibility index (Phi) is 5.15. The molecule has 3 N–H and O–H groups in total. The average molecular weight is 359 g/mol. The first-order valence-electron chi connectivity index (χ1n) is 7.42. The predicted octanol–water partition coefficient (Wildman–Crippen LogP) is 2.66. The van der Waals surface area contributed by atoms with Gasteiger partial charge in [-0.25, -0.2) is 19.7 Å². The molecule has 0 aliphatic heterocycles. The molecule has 0 fully saturated rings. The minimum atomic E-state index is -1.03. The van der Waals surface area contributed by atoms with Crippen LogP contribution in [0, 0.1) is 4.91 Å². The summed E-state index contributed by atoms with van der Waals surface area (Å²) in [7, 11) is 0. The Bertz CT molecular complexity index is 961. The van der Waals surface area contributed by atoms with Gasteiger partial charge in [-0.3, -0.25) is 4.57 Å². The molecular formula is C16H17N5O5. The molecule has 136 valence electrons. The van der Waals surface area contributed by atoms with Gasteiger partial charge in [-0.2, -0.15) is 0 Å². The Morgan fingerprint density at radius 3 is 2.46 bits per heavy atom. The average Bonchev–Trinajstić information content (AvgIpc) is 2.97. The number of carboxylic acid groups (broad SMARTS) is 1. The third kappa shape index (κ3) is 3.58. The molecule has 3 rings (SSSR count). The lowest BCUT2D eigenvalue weighted by Crippen LogP contribution is -2.10. The SMILES string of the molecule is CC(C)(C)c1cn(-c2cc(C(=O)O)ccn2)c2ncnc(O)c12.O=NO. The topological polar surface area (TPSA) is 151 Å². The van der Waals surface area contributed by atoms with E-state index in [2.05, 4.69) is 15.0 Å². The number of hydrogen-bond acceptors (Lipinski definition) is 7. The lowest BCUT2D eigenvalue weighted by molar-refractivity contribution is 0.0696. The van der Waals surface area contributed by atoms with E-state index in [0.717, 1.165) is 5.56 Å². The molecule has 0 unspecified atom stereocenters. The van der Waals surface area contributed by atoms with Gasteiger partial charge < -0.3 is 15.4 Å². The van der Waals surface area contributed by atoms with Gasteiger partial charge in [-0.05, 0) is 23.1 Å². The molecule has 0 radical (unpaired) electrons. The molecule has 0 amide bonds. The number of carboxylic acids is 1. The van der Waals surface area contributed by atoms with E-state index < -0.39 is 5.97 Å². The van der Waals surface area contributed by atoms with E-state index in [0.29, 0.717) is 16.9 Å². The predicted molar refractivity (Wildman–Crippen MR) is 91.6 cm³/mol. The lowest BCUT2D eigenvalue weighted by atomic mass is 9.87. The Morgan fingerprint density at radius 1 is 1.23 bits per heavy atom. The van der Waals surface area contributed by atoms with Crippen LogP contribution in [0.5, 0.6) is 5.88 Å². The Hall–Kier alpha value is -3.56. The maximum absolute atomic E-state index is 11.2. The fourth-order valence-electron chi connectivity index (χ4n) is 2.47. The highest BCUT2D eigenvalue weighted by Crippen LogP contribution is 2.35. The summed E-state index contributed by atoms with van der Waals surface area (Å²) in [5, 5.41) is 27.7. The summed E-state index contributed by atoms with van der Waals surface area (Å²) < 4.78 is 1.67. The minimum Gasteiger partial charge on any atom is -0.493 e. The molecule has 0 aliphatic carbocycles. The highest BCUT2D eigenvalue weighted by Gasteiger charge is 2.24. The molecular weight excluding hydrogens is 342 g/mol. The second-order valence-corrected chi connectivity index (χ2v) is 6.35. The van der Waals surface area contributed by atoms with Crippen LogP contribution < -0.4 is 0 Å². The molecule has 0 saturated heterocycles. The number of fused-ring (bicyclic) bond motifs is 1. The number of pyridine rings is 1. The van der Waals surface area contributed by atoms with Crippen molar-refractivity contribution in [3.05, 3.63) is 46.9 Å². The number of carbonyl (C=O) groups is 1. The summed E-state index contributed by atoms with van der Waals surface area (Å²) in [6.07, 6.45) is 4.51. The van der Waals surface area contributed by atoms with Crippen LogP contribution in [0.3, 0.4) is 0 Å². The van der Waals surface area contributed by atoms with E-state index >= 15 is 0 Å². The van der Waals surface area contributed by atoms with E-state index in [9.17, 15) is 9.90 Å². The highest BCUT2D eigenvalue weighted by molar-refractivity contribution is 5.89. The number of aromatic hydroxyl groups is 1. The van der Waals surface area contributed by atoms with Crippen molar-refractivity contribution < 1.29 is 20.2 Å². The van der Waals surface area contributed by atoms with Gasteiger partial charge in [-0.15, -0.1) is 4.91 Å². The fraction of sp³-hybridized carbons (Fsp3) is 0.250. The molecule has 0 saturated carbocycles. The van der Waals surface area contributed by atoms with Gasteiger partial charge in [-0.1, -0.05) is 20.8 Å². The van der Waals surface area contributed by atoms with Crippen molar-refractivity contribution >= 4 is 17.0 Å². The quantitative estimate of drug-likeness (QED) is 0.466. The Morgan fingerprint density at radius 2 is 1.88 bits per heavy atom. The van der Waals surface area contributed by atoms with E-state index in [1.807, 2.05) is 27.0 Å². The van der Waals surface area contributed by atoms with Gasteiger partial charge >= 0.3 is 5.97 Å². The number of aromatic nitrogens is 4. The van der Waals surface area contributed by atoms with Crippen molar-refractivity contribution in [2.24, 2.45) is 5.34 Å². The summed E-state index contributed by atoms with van der Waals surface area (Å²) >= 11 is 0. The van der Waals surface area contributed by atoms with Gasteiger partial charge in [0, 0.05) is 12.4 Å². The number of rotatable bonds is 2. The molecule has 0 bridgehead atoms. The largest absolute Gasteiger partial charge is 0.493 e. The molecule has 3 heterocycles. The van der Waals surface area contributed by atoms with Crippen LogP contribution in [0.1, 0.15) is 36.7 Å². The van der Waals surface area contributed by atoms with Crippen LogP contribution in [-0.4, -0.2) is 40.9 Å². The van der Waals surface area contributed by atoms with Gasteiger partial charge in [0.2, 0.25) is 5.88 Å². The van der Waals surface area contributed by atoms with Crippen molar-refractivity contribution in [3.8, 4) is 11.7 Å². The maximum atomic E-state index is 11.2. The fourth-order valence-corrected chi connectivity index (χ4v) is 2.47. The van der Waals surface area contributed by atoms with Crippen molar-refractivity contribution in [1.82, 2.24) is 19.5 Å². The maximum Gasteiger partial charge on any atom is 0.335 e. The molecule has 3 aromatic heterocycles. The third-order valence-electron chi connectivity index (χ3n) is 3.61. The first-order chi connectivity index (χ1) is 12.2. The smallest absolute Gasteiger partial charge is 0.335 e. The first kappa shape index (κ1) is 18.8. The van der Waals surface area contributed by atoms with Crippen LogP contribution in [-0.2, 0) is 5.41 Å². The second kappa shape index (κ2) is 7.13. The Balaban J connectivity index is 0.000000758. The van der Waals surface area contributed by atoms with Crippen molar-refractivity contribution in [1.29, 1.82) is 0 Å². The van der Waals surface area contributed by atoms with Crippen LogP contribution in [0.4, 0.5) is 0 Å². The lowest BCUT2D eigenvalue weighted by Gasteiger charge is -2.17.